The van der Waals surface area contributed by atoms with Crippen molar-refractivity contribution in [2.45, 2.75) is 69.5 Å². The first-order valence-corrected chi connectivity index (χ1v) is 8.28. The van der Waals surface area contributed by atoms with Crippen LogP contribution in [0, 0.1) is 36.0 Å². The predicted molar refractivity (Wildman–Crippen MR) is 69.9 cm³/mol. The Kier molecular flexibility index (Phi) is 2.10. The molecule has 98 valence electrons. The number of ether oxygens (including phenoxy) is 1. The van der Waals surface area contributed by atoms with Crippen LogP contribution >= 0.6 is 0 Å². The molecule has 0 aromatic carbocycles. The molecule has 0 N–H and O–H groups in total. The molecule has 5 aliphatic rings. The van der Waals surface area contributed by atoms with Crippen molar-refractivity contribution in [2.24, 2.45) is 29.6 Å². The van der Waals surface area contributed by atoms with Crippen LogP contribution in [0.5, 0.6) is 0 Å². The highest BCUT2D eigenvalue weighted by molar-refractivity contribution is 5.20. The van der Waals surface area contributed by atoms with Crippen molar-refractivity contribution in [1.29, 1.82) is 0 Å². The van der Waals surface area contributed by atoms with Crippen LogP contribution in [0.2, 0.25) is 0 Å². The van der Waals surface area contributed by atoms with Crippen LogP contribution in [0.25, 0.3) is 0 Å². The van der Waals surface area contributed by atoms with Crippen molar-refractivity contribution in [3.63, 3.8) is 0 Å². The third-order valence-electron chi connectivity index (χ3n) is 7.22. The van der Waals surface area contributed by atoms with Crippen LogP contribution in [0.1, 0.15) is 57.8 Å². The summed E-state index contributed by atoms with van der Waals surface area (Å²) >= 11 is 0. The van der Waals surface area contributed by atoms with Gasteiger partial charge in [-0.2, -0.15) is 0 Å². The maximum atomic E-state index is 6.28. The molecule has 4 saturated carbocycles. The van der Waals surface area contributed by atoms with Gasteiger partial charge in [-0.25, -0.2) is 0 Å². The zero-order valence-electron chi connectivity index (χ0n) is 11.2. The number of epoxide rings is 1. The summed E-state index contributed by atoms with van der Waals surface area (Å²) in [5, 5.41) is 0. The van der Waals surface area contributed by atoms with E-state index in [1.165, 1.54) is 57.8 Å². The first-order chi connectivity index (χ1) is 8.89. The Morgan fingerprint density at radius 3 is 2.78 bits per heavy atom. The number of rotatable bonds is 0. The summed E-state index contributed by atoms with van der Waals surface area (Å²) in [6, 6.07) is 0. The Balaban J connectivity index is 1.47. The molecule has 0 aromatic heterocycles. The van der Waals surface area contributed by atoms with Crippen LogP contribution in [0.15, 0.2) is 0 Å². The van der Waals surface area contributed by atoms with Gasteiger partial charge >= 0.3 is 0 Å². The second-order valence-corrected chi connectivity index (χ2v) is 7.58. The van der Waals surface area contributed by atoms with E-state index in [0.717, 1.165) is 29.6 Å². The van der Waals surface area contributed by atoms with Crippen LogP contribution in [-0.4, -0.2) is 11.7 Å². The summed E-state index contributed by atoms with van der Waals surface area (Å²) in [5.41, 5.74) is 0.415. The smallest absolute Gasteiger partial charge is 0.101 e. The van der Waals surface area contributed by atoms with E-state index in [1.54, 1.807) is 0 Å². The molecule has 2 radical (unpaired) electrons. The normalized spacial score (nSPS) is 61.3. The Morgan fingerprint density at radius 1 is 0.889 bits per heavy atom. The Morgan fingerprint density at radius 2 is 1.83 bits per heavy atom. The average Bonchev–Trinajstić information content (AvgIpc) is 3.03. The number of hydrogen-bond donors (Lipinski definition) is 0. The molecule has 5 rings (SSSR count). The number of hydrogen-bond acceptors (Lipinski definition) is 1. The maximum Gasteiger partial charge on any atom is 0.101 e. The molecule has 18 heavy (non-hydrogen) atoms. The lowest BCUT2D eigenvalue weighted by atomic mass is 9.53. The van der Waals surface area contributed by atoms with Gasteiger partial charge in [-0.3, -0.25) is 0 Å². The van der Waals surface area contributed by atoms with Gasteiger partial charge in [0.25, 0.3) is 0 Å². The fourth-order valence-corrected chi connectivity index (χ4v) is 6.53. The highest BCUT2D eigenvalue weighted by atomic mass is 16.6. The highest BCUT2D eigenvalue weighted by Crippen LogP contribution is 2.68. The maximum absolute atomic E-state index is 6.28. The van der Waals surface area contributed by atoms with E-state index in [-0.39, 0.29) is 0 Å². The summed E-state index contributed by atoms with van der Waals surface area (Å²) in [6.45, 7) is 0. The minimum Gasteiger partial charge on any atom is -0.365 e. The topological polar surface area (TPSA) is 12.5 Å². The van der Waals surface area contributed by atoms with Crippen molar-refractivity contribution < 1.29 is 4.74 Å². The molecule has 7 unspecified atom stereocenters. The summed E-state index contributed by atoms with van der Waals surface area (Å²) in [7, 11) is 0. The minimum absolute atomic E-state index is 0.415. The first kappa shape index (κ1) is 10.7. The Bertz CT molecular complexity index is 365. The third-order valence-corrected chi connectivity index (χ3v) is 7.22. The summed E-state index contributed by atoms with van der Waals surface area (Å²) in [5.74, 6) is 4.94. The summed E-state index contributed by atoms with van der Waals surface area (Å²) in [6.07, 6.45) is 17.1. The van der Waals surface area contributed by atoms with E-state index in [4.69, 9.17) is 4.74 Å². The van der Waals surface area contributed by atoms with E-state index in [1.807, 2.05) is 0 Å². The SMILES string of the molecule is [C]1CCC2C(C1)CCC1C2CCC2CCC3OC231. The summed E-state index contributed by atoms with van der Waals surface area (Å²) < 4.78 is 6.28. The van der Waals surface area contributed by atoms with Crippen LogP contribution in [0.4, 0.5) is 0 Å². The van der Waals surface area contributed by atoms with Crippen LogP contribution in [0.3, 0.4) is 0 Å². The Labute approximate surface area is 111 Å². The molecule has 1 heterocycles. The third kappa shape index (κ3) is 1.18. The molecular weight excluding hydrogens is 220 g/mol. The molecule has 7 atom stereocenters. The average molecular weight is 244 g/mol. The fraction of sp³-hybridized carbons (Fsp3) is 0.941. The predicted octanol–water partition coefficient (Wildman–Crippen LogP) is 3.85. The van der Waals surface area contributed by atoms with Crippen molar-refractivity contribution in [2.75, 3.05) is 0 Å². The molecule has 0 aromatic rings. The lowest BCUT2D eigenvalue weighted by molar-refractivity contribution is -0.0389. The van der Waals surface area contributed by atoms with Crippen molar-refractivity contribution in [3.05, 3.63) is 6.42 Å². The van der Waals surface area contributed by atoms with Crippen LogP contribution in [-0.2, 0) is 4.74 Å². The van der Waals surface area contributed by atoms with Gasteiger partial charge in [0.05, 0.1) is 6.10 Å². The highest BCUT2D eigenvalue weighted by Gasteiger charge is 2.71. The quantitative estimate of drug-likeness (QED) is 0.590. The molecule has 1 heteroatoms. The van der Waals surface area contributed by atoms with E-state index in [0.29, 0.717) is 11.7 Å². The molecule has 0 amide bonds. The lowest BCUT2D eigenvalue weighted by Gasteiger charge is -2.51. The van der Waals surface area contributed by atoms with Gasteiger partial charge in [-0.05, 0) is 93.8 Å². The fourth-order valence-electron chi connectivity index (χ4n) is 6.53. The van der Waals surface area contributed by atoms with Gasteiger partial charge in [-0.1, -0.05) is 0 Å². The summed E-state index contributed by atoms with van der Waals surface area (Å²) in [4.78, 5) is 0. The molecule has 4 aliphatic carbocycles. The zero-order chi connectivity index (χ0) is 11.7. The van der Waals surface area contributed by atoms with Gasteiger partial charge in [0.2, 0.25) is 0 Å². The monoisotopic (exact) mass is 244 g/mol. The Hall–Kier alpha value is -0.0400. The zero-order valence-corrected chi connectivity index (χ0v) is 11.2. The van der Waals surface area contributed by atoms with Gasteiger partial charge < -0.3 is 4.74 Å². The molecule has 1 nitrogen and oxygen atoms in total. The van der Waals surface area contributed by atoms with Crippen molar-refractivity contribution >= 4 is 0 Å². The van der Waals surface area contributed by atoms with Gasteiger partial charge in [0, 0.05) is 0 Å². The molecule has 0 bridgehead atoms. The van der Waals surface area contributed by atoms with Gasteiger partial charge in [-0.15, -0.1) is 0 Å². The van der Waals surface area contributed by atoms with E-state index in [9.17, 15) is 0 Å². The largest absolute Gasteiger partial charge is 0.365 e. The minimum atomic E-state index is 0.415. The van der Waals surface area contributed by atoms with Crippen LogP contribution < -0.4 is 0 Å². The van der Waals surface area contributed by atoms with Gasteiger partial charge in [0.1, 0.15) is 5.60 Å². The second kappa shape index (κ2) is 3.53. The van der Waals surface area contributed by atoms with E-state index in [2.05, 4.69) is 6.42 Å². The van der Waals surface area contributed by atoms with E-state index >= 15 is 0 Å². The van der Waals surface area contributed by atoms with Crippen molar-refractivity contribution in [3.8, 4) is 0 Å². The number of fused-ring (bicyclic) bond motifs is 3. The second-order valence-electron chi connectivity index (χ2n) is 7.58. The molecule has 1 aliphatic heterocycles. The molecular formula is C17H24O. The van der Waals surface area contributed by atoms with E-state index < -0.39 is 0 Å². The lowest BCUT2D eigenvalue weighted by Crippen LogP contribution is -2.48. The molecule has 5 fully saturated rings. The molecule has 1 spiro atoms. The van der Waals surface area contributed by atoms with Gasteiger partial charge in [0.15, 0.2) is 0 Å². The van der Waals surface area contributed by atoms with Crippen molar-refractivity contribution in [1.82, 2.24) is 0 Å². The molecule has 1 saturated heterocycles. The standard InChI is InChI=1S/C17H24O/c1-2-4-13-11(3-1)5-9-15-14(13)8-6-12-7-10-16-17(12,15)18-16/h11-16H,2-10H2. The first-order valence-electron chi connectivity index (χ1n) is 8.28.